The van der Waals surface area contributed by atoms with E-state index in [2.05, 4.69) is 0 Å². The molecule has 10 heteroatoms. The molecule has 1 aromatic carbocycles. The fourth-order valence-corrected chi connectivity index (χ4v) is 3.54. The minimum Gasteiger partial charge on any atom is -0.465 e. The molecule has 0 saturated carbocycles. The number of likely N-dealkylation sites (tertiary alicyclic amines) is 1. The lowest BCUT2D eigenvalue weighted by atomic mass is 9.85. The van der Waals surface area contributed by atoms with Gasteiger partial charge in [-0.15, -0.1) is 0 Å². The molecule has 2 atom stereocenters. The van der Waals surface area contributed by atoms with Crippen molar-refractivity contribution in [3.05, 3.63) is 35.4 Å². The first-order valence-electron chi connectivity index (χ1n) is 8.54. The quantitative estimate of drug-likeness (QED) is 0.770. The zero-order valence-electron chi connectivity index (χ0n) is 15.6. The van der Waals surface area contributed by atoms with Crippen LogP contribution >= 0.6 is 0 Å². The Kier molecular flexibility index (Phi) is 5.91. The van der Waals surface area contributed by atoms with Crippen LogP contribution in [-0.2, 0) is 4.79 Å². The Morgan fingerprint density at radius 3 is 2.36 bits per heavy atom. The molecular formula is C18H21F5N2O3. The normalized spacial score (nSPS) is 21.0. The molecule has 1 aliphatic rings. The van der Waals surface area contributed by atoms with E-state index < -0.39 is 60.4 Å². The molecule has 1 heterocycles. The Morgan fingerprint density at radius 1 is 1.25 bits per heavy atom. The number of carbonyl (C=O) groups is 2. The first-order valence-corrected chi connectivity index (χ1v) is 8.54. The van der Waals surface area contributed by atoms with E-state index in [1.165, 1.54) is 32.9 Å². The zero-order chi connectivity index (χ0) is 21.4. The number of nitrogens with zero attached hydrogens (tertiary/aromatic N) is 2. The zero-order valence-corrected chi connectivity index (χ0v) is 15.6. The molecule has 0 unspecified atom stereocenters. The minimum absolute atomic E-state index is 0.191. The molecule has 0 radical (unpaired) electrons. The molecule has 2 amide bonds. The Morgan fingerprint density at radius 2 is 1.86 bits per heavy atom. The number of carboxylic acid groups (broad SMARTS) is 1. The molecule has 2 rings (SSSR count). The van der Waals surface area contributed by atoms with Crippen molar-refractivity contribution in [1.82, 2.24) is 9.80 Å². The number of amides is 2. The molecule has 1 fully saturated rings. The van der Waals surface area contributed by atoms with Gasteiger partial charge in [-0.05, 0) is 38.8 Å². The van der Waals surface area contributed by atoms with Crippen molar-refractivity contribution < 1.29 is 36.6 Å². The van der Waals surface area contributed by atoms with Crippen molar-refractivity contribution in [3.8, 4) is 0 Å². The Balaban J connectivity index is 2.50. The third-order valence-corrected chi connectivity index (χ3v) is 4.58. The molecule has 0 spiro atoms. The van der Waals surface area contributed by atoms with Crippen LogP contribution in [0.3, 0.4) is 0 Å². The van der Waals surface area contributed by atoms with E-state index in [1.807, 2.05) is 0 Å². The second-order valence-corrected chi connectivity index (χ2v) is 7.75. The Hall–Kier alpha value is -2.39. The SMILES string of the molecule is CC(C)(C)N(C(=O)O)[C@H]1C[C@@H](c2cccc(F)c2F)CN(CC(F)(F)F)C1=O. The molecular weight excluding hydrogens is 387 g/mol. The molecule has 5 nitrogen and oxygen atoms in total. The first kappa shape index (κ1) is 21.9. The highest BCUT2D eigenvalue weighted by molar-refractivity contribution is 5.86. The maximum atomic E-state index is 14.2. The summed E-state index contributed by atoms with van der Waals surface area (Å²) in [5.41, 5.74) is -1.29. The molecule has 0 bridgehead atoms. The monoisotopic (exact) mass is 408 g/mol. The number of carbonyl (C=O) groups excluding carboxylic acids is 1. The molecule has 0 aliphatic carbocycles. The van der Waals surface area contributed by atoms with Gasteiger partial charge < -0.3 is 10.0 Å². The van der Waals surface area contributed by atoms with Gasteiger partial charge in [0, 0.05) is 18.0 Å². The van der Waals surface area contributed by atoms with E-state index in [4.69, 9.17) is 0 Å². The minimum atomic E-state index is -4.72. The number of piperidine rings is 1. The average molecular weight is 408 g/mol. The second kappa shape index (κ2) is 7.56. The molecule has 1 saturated heterocycles. The summed E-state index contributed by atoms with van der Waals surface area (Å²) in [5, 5.41) is 9.55. The summed E-state index contributed by atoms with van der Waals surface area (Å²) in [7, 11) is 0. The van der Waals surface area contributed by atoms with Gasteiger partial charge in [-0.2, -0.15) is 13.2 Å². The highest BCUT2D eigenvalue weighted by atomic mass is 19.4. The maximum absolute atomic E-state index is 14.2. The lowest BCUT2D eigenvalue weighted by Crippen LogP contribution is -2.61. The first-order chi connectivity index (χ1) is 12.7. The van der Waals surface area contributed by atoms with Crippen molar-refractivity contribution in [2.45, 2.75) is 50.9 Å². The van der Waals surface area contributed by atoms with Crippen LogP contribution < -0.4 is 0 Å². The fraction of sp³-hybridized carbons (Fsp3) is 0.556. The van der Waals surface area contributed by atoms with Gasteiger partial charge in [-0.25, -0.2) is 13.6 Å². The molecule has 0 aromatic heterocycles. The van der Waals surface area contributed by atoms with Gasteiger partial charge >= 0.3 is 12.3 Å². The summed E-state index contributed by atoms with van der Waals surface area (Å²) in [6.45, 7) is 2.39. The maximum Gasteiger partial charge on any atom is 0.408 e. The standard InChI is InChI=1S/C18H21F5N2O3/c1-17(2,3)25(16(27)28)13-7-10(11-5-4-6-12(19)14(11)20)8-24(15(13)26)9-18(21,22)23/h4-6,10,13H,7-9H2,1-3H3,(H,27,28)/t10-,13+/m1/s1. The lowest BCUT2D eigenvalue weighted by molar-refractivity contribution is -0.169. The van der Waals surface area contributed by atoms with Crippen molar-refractivity contribution in [2.75, 3.05) is 13.1 Å². The predicted octanol–water partition coefficient (Wildman–Crippen LogP) is 3.99. The number of rotatable bonds is 3. The molecule has 1 aromatic rings. The van der Waals surface area contributed by atoms with E-state index >= 15 is 0 Å². The predicted molar refractivity (Wildman–Crippen MR) is 89.8 cm³/mol. The van der Waals surface area contributed by atoms with Crippen LogP contribution in [-0.4, -0.2) is 57.8 Å². The van der Waals surface area contributed by atoms with Gasteiger partial charge in [0.15, 0.2) is 11.6 Å². The highest BCUT2D eigenvalue weighted by Gasteiger charge is 2.47. The van der Waals surface area contributed by atoms with Gasteiger partial charge in [-0.3, -0.25) is 9.69 Å². The van der Waals surface area contributed by atoms with Crippen LogP contribution in [0.2, 0.25) is 0 Å². The fourth-order valence-electron chi connectivity index (χ4n) is 3.54. The summed E-state index contributed by atoms with van der Waals surface area (Å²) in [6.07, 6.45) is -6.46. The van der Waals surface area contributed by atoms with Gasteiger partial charge in [0.1, 0.15) is 12.6 Å². The summed E-state index contributed by atoms with van der Waals surface area (Å²) in [4.78, 5) is 25.7. The molecule has 1 N–H and O–H groups in total. The Bertz CT molecular complexity index is 761. The van der Waals surface area contributed by atoms with E-state index in [0.29, 0.717) is 4.90 Å². The van der Waals surface area contributed by atoms with Crippen molar-refractivity contribution in [1.29, 1.82) is 0 Å². The van der Waals surface area contributed by atoms with Gasteiger partial charge in [0.2, 0.25) is 5.91 Å². The molecule has 156 valence electrons. The third-order valence-electron chi connectivity index (χ3n) is 4.58. The smallest absolute Gasteiger partial charge is 0.408 e. The van der Waals surface area contributed by atoms with Crippen LogP contribution in [0, 0.1) is 11.6 Å². The third kappa shape index (κ3) is 4.71. The van der Waals surface area contributed by atoms with E-state index in [0.717, 1.165) is 11.0 Å². The van der Waals surface area contributed by atoms with Crippen molar-refractivity contribution >= 4 is 12.0 Å². The second-order valence-electron chi connectivity index (χ2n) is 7.75. The average Bonchev–Trinajstić information content (AvgIpc) is 2.50. The van der Waals surface area contributed by atoms with E-state index in [1.54, 1.807) is 0 Å². The van der Waals surface area contributed by atoms with Crippen molar-refractivity contribution in [2.24, 2.45) is 0 Å². The van der Waals surface area contributed by atoms with Crippen LogP contribution in [0.5, 0.6) is 0 Å². The number of halogens is 5. The Labute approximate surface area is 158 Å². The summed E-state index contributed by atoms with van der Waals surface area (Å²) in [6, 6.07) is 1.85. The van der Waals surface area contributed by atoms with Crippen molar-refractivity contribution in [3.63, 3.8) is 0 Å². The number of hydrogen-bond acceptors (Lipinski definition) is 2. The van der Waals surface area contributed by atoms with Crippen LogP contribution in [0.1, 0.15) is 38.7 Å². The topological polar surface area (TPSA) is 60.9 Å². The van der Waals surface area contributed by atoms with E-state index in [9.17, 15) is 36.6 Å². The number of benzene rings is 1. The number of hydrogen-bond donors (Lipinski definition) is 1. The van der Waals surface area contributed by atoms with Crippen LogP contribution in [0.15, 0.2) is 18.2 Å². The van der Waals surface area contributed by atoms with Gasteiger partial charge in [0.05, 0.1) is 0 Å². The largest absolute Gasteiger partial charge is 0.465 e. The summed E-state index contributed by atoms with van der Waals surface area (Å²) in [5.74, 6) is -4.39. The van der Waals surface area contributed by atoms with Crippen LogP contribution in [0.25, 0.3) is 0 Å². The van der Waals surface area contributed by atoms with Gasteiger partial charge in [-0.1, -0.05) is 12.1 Å². The molecule has 28 heavy (non-hydrogen) atoms. The highest BCUT2D eigenvalue weighted by Crippen LogP contribution is 2.35. The lowest BCUT2D eigenvalue weighted by Gasteiger charge is -2.45. The molecule has 1 aliphatic heterocycles. The van der Waals surface area contributed by atoms with E-state index in [-0.39, 0.29) is 12.0 Å². The number of alkyl halides is 3. The van der Waals surface area contributed by atoms with Gasteiger partial charge in [0.25, 0.3) is 0 Å². The summed E-state index contributed by atoms with van der Waals surface area (Å²) >= 11 is 0. The van der Waals surface area contributed by atoms with Crippen LogP contribution in [0.4, 0.5) is 26.7 Å². The summed E-state index contributed by atoms with van der Waals surface area (Å²) < 4.78 is 66.7.